The predicted molar refractivity (Wildman–Crippen MR) is 99.0 cm³/mol. The van der Waals surface area contributed by atoms with E-state index in [4.69, 9.17) is 10.5 Å². The maximum absolute atomic E-state index is 12.2. The summed E-state index contributed by atoms with van der Waals surface area (Å²) in [6, 6.07) is 7.46. The molecule has 138 valence electrons. The number of rotatable bonds is 8. The Morgan fingerprint density at radius 2 is 2.08 bits per heavy atom. The molecular formula is C18H22N4O3S. The second-order valence-corrected chi connectivity index (χ2v) is 7.17. The van der Waals surface area contributed by atoms with Crippen LogP contribution in [0.25, 0.3) is 0 Å². The van der Waals surface area contributed by atoms with E-state index in [9.17, 15) is 9.59 Å². The van der Waals surface area contributed by atoms with Crippen molar-refractivity contribution in [2.24, 2.45) is 5.73 Å². The zero-order chi connectivity index (χ0) is 18.5. The van der Waals surface area contributed by atoms with Gasteiger partial charge in [0.25, 0.3) is 11.8 Å². The molecule has 3 rings (SSSR count). The molecule has 8 heteroatoms. The van der Waals surface area contributed by atoms with Crippen LogP contribution < -0.4 is 21.1 Å². The average Bonchev–Trinajstić information content (AvgIpc) is 3.32. The summed E-state index contributed by atoms with van der Waals surface area (Å²) in [5.41, 5.74) is 6.83. The third kappa shape index (κ3) is 5.03. The largest absolute Gasteiger partial charge is 0.484 e. The summed E-state index contributed by atoms with van der Waals surface area (Å²) in [5.74, 6) is 0.285. The lowest BCUT2D eigenvalue weighted by molar-refractivity contribution is -0.123. The van der Waals surface area contributed by atoms with Crippen LogP contribution in [0.2, 0.25) is 0 Å². The topological polar surface area (TPSA) is 106 Å². The predicted octanol–water partition coefficient (Wildman–Crippen LogP) is 1.75. The van der Waals surface area contributed by atoms with Gasteiger partial charge >= 0.3 is 0 Å². The van der Waals surface area contributed by atoms with Gasteiger partial charge in [-0.3, -0.25) is 9.59 Å². The van der Waals surface area contributed by atoms with E-state index in [-0.39, 0.29) is 24.5 Å². The summed E-state index contributed by atoms with van der Waals surface area (Å²) in [6.45, 7) is 2.23. The second-order valence-electron chi connectivity index (χ2n) is 6.23. The van der Waals surface area contributed by atoms with Crippen LogP contribution in [-0.2, 0) is 11.3 Å². The normalized spacial score (nSPS) is 14.5. The van der Waals surface area contributed by atoms with Crippen molar-refractivity contribution in [3.8, 4) is 5.75 Å². The fourth-order valence-electron chi connectivity index (χ4n) is 2.36. The lowest BCUT2D eigenvalue weighted by Gasteiger charge is -2.14. The highest BCUT2D eigenvalue weighted by atomic mass is 32.1. The van der Waals surface area contributed by atoms with Gasteiger partial charge in [0.2, 0.25) is 0 Å². The Labute approximate surface area is 156 Å². The van der Waals surface area contributed by atoms with Gasteiger partial charge in [0.15, 0.2) is 6.61 Å². The molecule has 4 N–H and O–H groups in total. The minimum atomic E-state index is -0.231. The first-order valence-electron chi connectivity index (χ1n) is 8.52. The number of carbonyl (C=O) groups excluding carboxylic acids is 2. The lowest BCUT2D eigenvalue weighted by atomic mass is 10.1. The molecular weight excluding hydrogens is 352 g/mol. The number of thiazole rings is 1. The molecule has 1 aliphatic rings. The number of nitrogens with zero attached hydrogens (tertiary/aromatic N) is 1. The molecule has 1 saturated carbocycles. The van der Waals surface area contributed by atoms with E-state index in [0.717, 1.165) is 23.4 Å². The van der Waals surface area contributed by atoms with Crippen molar-refractivity contribution in [2.75, 3.05) is 6.61 Å². The maximum Gasteiger partial charge on any atom is 0.271 e. The smallest absolute Gasteiger partial charge is 0.271 e. The van der Waals surface area contributed by atoms with Crippen LogP contribution in [0.15, 0.2) is 29.6 Å². The monoisotopic (exact) mass is 374 g/mol. The van der Waals surface area contributed by atoms with Crippen LogP contribution in [0.5, 0.6) is 5.75 Å². The van der Waals surface area contributed by atoms with Crippen molar-refractivity contribution in [2.45, 2.75) is 38.4 Å². The fraction of sp³-hybridized carbons (Fsp3) is 0.389. The SMILES string of the molecule is CC(NC(=O)c1csc(CN)n1)c1ccc(OCC(=O)NC2CC2)cc1. The first kappa shape index (κ1) is 18.3. The van der Waals surface area contributed by atoms with Gasteiger partial charge in [0.1, 0.15) is 16.5 Å². The number of hydrogen-bond donors (Lipinski definition) is 3. The van der Waals surface area contributed by atoms with E-state index >= 15 is 0 Å². The van der Waals surface area contributed by atoms with Crippen LogP contribution in [0.1, 0.15) is 46.9 Å². The Kier molecular flexibility index (Phi) is 5.85. The second kappa shape index (κ2) is 8.29. The van der Waals surface area contributed by atoms with E-state index in [2.05, 4.69) is 15.6 Å². The Hall–Kier alpha value is -2.45. The molecule has 0 aliphatic heterocycles. The molecule has 0 spiro atoms. The maximum atomic E-state index is 12.2. The van der Waals surface area contributed by atoms with Crippen LogP contribution in [0.4, 0.5) is 0 Å². The van der Waals surface area contributed by atoms with Crippen molar-refractivity contribution >= 4 is 23.2 Å². The summed E-state index contributed by atoms with van der Waals surface area (Å²) in [4.78, 5) is 28.0. The van der Waals surface area contributed by atoms with Crippen LogP contribution in [-0.4, -0.2) is 29.4 Å². The minimum absolute atomic E-state index is 0.00936. The number of aromatic nitrogens is 1. The van der Waals surface area contributed by atoms with Gasteiger partial charge < -0.3 is 21.1 Å². The highest BCUT2D eigenvalue weighted by Crippen LogP contribution is 2.20. The quantitative estimate of drug-likeness (QED) is 0.653. The molecule has 1 heterocycles. The Morgan fingerprint density at radius 3 is 2.69 bits per heavy atom. The zero-order valence-corrected chi connectivity index (χ0v) is 15.3. The highest BCUT2D eigenvalue weighted by Gasteiger charge is 2.23. The van der Waals surface area contributed by atoms with Crippen molar-refractivity contribution in [1.82, 2.24) is 15.6 Å². The molecule has 26 heavy (non-hydrogen) atoms. The molecule has 1 aliphatic carbocycles. The van der Waals surface area contributed by atoms with Crippen molar-refractivity contribution in [3.63, 3.8) is 0 Å². The molecule has 7 nitrogen and oxygen atoms in total. The summed E-state index contributed by atoms with van der Waals surface area (Å²) >= 11 is 1.37. The molecule has 0 bridgehead atoms. The van der Waals surface area contributed by atoms with Gasteiger partial charge in [0, 0.05) is 18.0 Å². The first-order valence-corrected chi connectivity index (χ1v) is 9.40. The van der Waals surface area contributed by atoms with Crippen molar-refractivity contribution in [3.05, 3.63) is 45.9 Å². The van der Waals surface area contributed by atoms with E-state index < -0.39 is 0 Å². The molecule has 2 amide bonds. The lowest BCUT2D eigenvalue weighted by Crippen LogP contribution is -2.30. The van der Waals surface area contributed by atoms with Gasteiger partial charge in [-0.1, -0.05) is 12.1 Å². The average molecular weight is 374 g/mol. The van der Waals surface area contributed by atoms with E-state index in [1.165, 1.54) is 11.3 Å². The molecule has 1 aromatic carbocycles. The molecule has 1 unspecified atom stereocenters. The summed E-state index contributed by atoms with van der Waals surface area (Å²) in [6.07, 6.45) is 2.11. The third-order valence-corrected chi connectivity index (χ3v) is 4.87. The molecule has 0 saturated heterocycles. The van der Waals surface area contributed by atoms with E-state index in [1.807, 2.05) is 19.1 Å². The standard InChI is InChI=1S/C18H22N4O3S/c1-11(20-18(24)15-10-26-17(8-19)22-15)12-2-6-14(7-3-12)25-9-16(23)21-13-4-5-13/h2-3,6-7,10-11,13H,4-5,8-9,19H2,1H3,(H,20,24)(H,21,23). The Morgan fingerprint density at radius 1 is 1.35 bits per heavy atom. The number of hydrogen-bond acceptors (Lipinski definition) is 6. The number of carbonyl (C=O) groups is 2. The van der Waals surface area contributed by atoms with E-state index in [1.54, 1.807) is 17.5 Å². The molecule has 1 atom stereocenters. The fourth-order valence-corrected chi connectivity index (χ4v) is 3.02. The van der Waals surface area contributed by atoms with Gasteiger partial charge in [0.05, 0.1) is 6.04 Å². The first-order chi connectivity index (χ1) is 12.5. The number of benzene rings is 1. The van der Waals surface area contributed by atoms with Crippen molar-refractivity contribution < 1.29 is 14.3 Å². The van der Waals surface area contributed by atoms with E-state index in [0.29, 0.717) is 24.0 Å². The summed E-state index contributed by atoms with van der Waals surface area (Å²) < 4.78 is 5.48. The number of ether oxygens (including phenoxy) is 1. The molecule has 1 aromatic heterocycles. The van der Waals surface area contributed by atoms with Gasteiger partial charge in [-0.25, -0.2) is 4.98 Å². The van der Waals surface area contributed by atoms with Gasteiger partial charge in [-0.2, -0.15) is 0 Å². The summed E-state index contributed by atoms with van der Waals surface area (Å²) in [7, 11) is 0. The van der Waals surface area contributed by atoms with Crippen LogP contribution >= 0.6 is 11.3 Å². The minimum Gasteiger partial charge on any atom is -0.484 e. The third-order valence-electron chi connectivity index (χ3n) is 4.00. The molecule has 0 radical (unpaired) electrons. The summed E-state index contributed by atoms with van der Waals surface area (Å²) in [5, 5.41) is 8.21. The molecule has 1 fully saturated rings. The highest BCUT2D eigenvalue weighted by molar-refractivity contribution is 7.09. The van der Waals surface area contributed by atoms with Crippen LogP contribution in [0, 0.1) is 0 Å². The Bertz CT molecular complexity index is 771. The molecule has 2 aromatic rings. The Balaban J connectivity index is 1.50. The van der Waals surface area contributed by atoms with Gasteiger partial charge in [-0.05, 0) is 37.5 Å². The number of nitrogens with one attached hydrogen (secondary N) is 2. The van der Waals surface area contributed by atoms with Crippen molar-refractivity contribution in [1.29, 1.82) is 0 Å². The number of nitrogens with two attached hydrogens (primary N) is 1. The zero-order valence-electron chi connectivity index (χ0n) is 14.5. The van der Waals surface area contributed by atoms with Gasteiger partial charge in [-0.15, -0.1) is 11.3 Å². The number of amides is 2. The van der Waals surface area contributed by atoms with Crippen LogP contribution in [0.3, 0.4) is 0 Å².